The summed E-state index contributed by atoms with van der Waals surface area (Å²) in [5, 5.41) is 3.91. The number of rotatable bonds is 7. The summed E-state index contributed by atoms with van der Waals surface area (Å²) in [6.07, 6.45) is -0.313. The average Bonchev–Trinajstić information content (AvgIpc) is 3.24. The highest BCUT2D eigenvalue weighted by Crippen LogP contribution is 2.29. The number of carbonyl (C=O) groups is 2. The van der Waals surface area contributed by atoms with E-state index in [4.69, 9.17) is 0 Å². The number of hydrogen-bond acceptors (Lipinski definition) is 4. The number of hydrogen-bond donors (Lipinski definition) is 2. The lowest BCUT2D eigenvalue weighted by molar-refractivity contribution is -0.189. The Morgan fingerprint density at radius 3 is 2.74 bits per heavy atom. The number of nitrogens with zero attached hydrogens (tertiary/aromatic N) is 3. The van der Waals surface area contributed by atoms with E-state index in [1.165, 1.54) is 10.8 Å². The number of carbonyl (C=O) groups excluding carboxylic acids is 2. The van der Waals surface area contributed by atoms with Crippen molar-refractivity contribution in [1.82, 2.24) is 24.8 Å². The molecule has 8 nitrogen and oxygen atoms in total. The van der Waals surface area contributed by atoms with Crippen molar-refractivity contribution in [2.24, 2.45) is 5.92 Å². The Hall–Kier alpha value is -3.63. The largest absolute Gasteiger partial charge is 0.471 e. The molecule has 204 valence electrons. The van der Waals surface area contributed by atoms with Crippen LogP contribution in [0.15, 0.2) is 35.4 Å². The van der Waals surface area contributed by atoms with Gasteiger partial charge in [-0.05, 0) is 68.7 Å². The Morgan fingerprint density at radius 1 is 1.24 bits per heavy atom. The number of nitrogens with one attached hydrogen (secondary N) is 2. The summed E-state index contributed by atoms with van der Waals surface area (Å²) < 4.78 is 40.6. The van der Waals surface area contributed by atoms with Gasteiger partial charge in [0, 0.05) is 48.1 Å². The second kappa shape index (κ2) is 11.0. The Kier molecular flexibility index (Phi) is 7.94. The van der Waals surface area contributed by atoms with E-state index in [2.05, 4.69) is 15.3 Å². The van der Waals surface area contributed by atoms with Crippen LogP contribution >= 0.6 is 0 Å². The average molecular weight is 532 g/mol. The molecule has 38 heavy (non-hydrogen) atoms. The molecule has 3 aromatic rings. The Balaban J connectivity index is 1.41. The number of aryl methyl sites for hydroxylation is 3. The number of piperidine rings is 1. The van der Waals surface area contributed by atoms with Crippen LogP contribution in [0.4, 0.5) is 13.2 Å². The minimum absolute atomic E-state index is 0.0342. The fraction of sp³-hybridized carbons (Fsp3) is 0.481. The van der Waals surface area contributed by atoms with Gasteiger partial charge in [0.2, 0.25) is 5.91 Å². The van der Waals surface area contributed by atoms with Crippen molar-refractivity contribution in [2.75, 3.05) is 6.54 Å². The molecule has 1 saturated heterocycles. The molecule has 0 radical (unpaired) electrons. The zero-order chi connectivity index (χ0) is 27.6. The van der Waals surface area contributed by atoms with E-state index in [0.717, 1.165) is 26.9 Å². The van der Waals surface area contributed by atoms with Crippen molar-refractivity contribution >= 4 is 22.7 Å². The van der Waals surface area contributed by atoms with Gasteiger partial charge in [-0.1, -0.05) is 13.0 Å². The molecule has 1 fully saturated rings. The zero-order valence-electron chi connectivity index (χ0n) is 21.7. The summed E-state index contributed by atoms with van der Waals surface area (Å²) in [6, 6.07) is 5.24. The molecule has 0 spiro atoms. The number of aromatic amines is 1. The first kappa shape index (κ1) is 27.4. The van der Waals surface area contributed by atoms with Crippen LogP contribution in [-0.4, -0.2) is 50.0 Å². The minimum Gasteiger partial charge on any atom is -0.361 e. The van der Waals surface area contributed by atoms with Crippen LogP contribution < -0.4 is 10.9 Å². The van der Waals surface area contributed by atoms with Gasteiger partial charge in [0.05, 0.1) is 0 Å². The van der Waals surface area contributed by atoms with Crippen molar-refractivity contribution in [3.63, 3.8) is 0 Å². The van der Waals surface area contributed by atoms with Crippen molar-refractivity contribution in [2.45, 2.75) is 71.8 Å². The highest BCUT2D eigenvalue weighted by atomic mass is 19.4. The molecule has 2 aromatic heterocycles. The van der Waals surface area contributed by atoms with E-state index in [0.29, 0.717) is 25.1 Å². The summed E-state index contributed by atoms with van der Waals surface area (Å²) in [7, 11) is 0. The lowest BCUT2D eigenvalue weighted by Gasteiger charge is -2.38. The molecule has 2 atom stereocenters. The normalized spacial score (nSPS) is 18.1. The number of aromatic nitrogens is 3. The maximum atomic E-state index is 13.1. The van der Waals surface area contributed by atoms with Gasteiger partial charge in [-0.3, -0.25) is 19.4 Å². The van der Waals surface area contributed by atoms with E-state index in [-0.39, 0.29) is 43.5 Å². The molecule has 3 heterocycles. The van der Waals surface area contributed by atoms with E-state index in [1.54, 1.807) is 6.92 Å². The van der Waals surface area contributed by atoms with Gasteiger partial charge in [-0.25, -0.2) is 0 Å². The van der Waals surface area contributed by atoms with Crippen molar-refractivity contribution in [3.05, 3.63) is 63.5 Å². The summed E-state index contributed by atoms with van der Waals surface area (Å²) in [5.74, 6) is -2.02. The number of halogens is 3. The zero-order valence-corrected chi connectivity index (χ0v) is 21.7. The van der Waals surface area contributed by atoms with Crippen molar-refractivity contribution in [3.8, 4) is 0 Å². The number of likely N-dealkylation sites (tertiary alicyclic amines) is 1. The number of benzene rings is 1. The molecule has 4 rings (SSSR count). The summed E-state index contributed by atoms with van der Waals surface area (Å²) in [4.78, 5) is 46.0. The molecular formula is C27H32F3N5O3. The van der Waals surface area contributed by atoms with Crippen LogP contribution in [0.1, 0.15) is 48.7 Å². The Bertz CT molecular complexity index is 1390. The minimum atomic E-state index is -4.94. The third-order valence-corrected chi connectivity index (χ3v) is 7.27. The van der Waals surface area contributed by atoms with E-state index in [9.17, 15) is 27.6 Å². The van der Waals surface area contributed by atoms with Crippen LogP contribution in [0, 0.1) is 19.8 Å². The van der Waals surface area contributed by atoms with Gasteiger partial charge >= 0.3 is 12.1 Å². The van der Waals surface area contributed by atoms with Crippen LogP contribution in [0.5, 0.6) is 0 Å². The van der Waals surface area contributed by atoms with Gasteiger partial charge in [0.1, 0.15) is 12.2 Å². The van der Waals surface area contributed by atoms with Crippen LogP contribution in [0.25, 0.3) is 10.9 Å². The van der Waals surface area contributed by atoms with Gasteiger partial charge in [-0.2, -0.15) is 13.2 Å². The summed E-state index contributed by atoms with van der Waals surface area (Å²) in [6.45, 7) is 5.74. The molecule has 2 amide bonds. The molecule has 2 N–H and O–H groups in total. The van der Waals surface area contributed by atoms with Crippen LogP contribution in [0.3, 0.4) is 0 Å². The smallest absolute Gasteiger partial charge is 0.361 e. The van der Waals surface area contributed by atoms with Gasteiger partial charge in [0.25, 0.3) is 5.56 Å². The van der Waals surface area contributed by atoms with Crippen LogP contribution in [-0.2, 0) is 29.1 Å². The molecular weight excluding hydrogens is 499 g/mol. The third kappa shape index (κ3) is 6.08. The summed E-state index contributed by atoms with van der Waals surface area (Å²) in [5.41, 5.74) is 3.24. The Morgan fingerprint density at radius 2 is 2.00 bits per heavy atom. The first-order valence-electron chi connectivity index (χ1n) is 12.7. The lowest BCUT2D eigenvalue weighted by Crippen LogP contribution is -2.51. The fourth-order valence-corrected chi connectivity index (χ4v) is 5.06. The maximum absolute atomic E-state index is 13.1. The van der Waals surface area contributed by atoms with E-state index < -0.39 is 23.7 Å². The first-order chi connectivity index (χ1) is 17.9. The molecule has 0 aliphatic carbocycles. The maximum Gasteiger partial charge on any atom is 0.471 e. The highest BCUT2D eigenvalue weighted by molar-refractivity contribution is 5.84. The molecule has 0 unspecified atom stereocenters. The first-order valence-corrected chi connectivity index (χ1v) is 12.7. The molecule has 1 aliphatic rings. The number of amides is 2. The quantitative estimate of drug-likeness (QED) is 0.485. The molecule has 0 bridgehead atoms. The predicted octanol–water partition coefficient (Wildman–Crippen LogP) is 3.78. The predicted molar refractivity (Wildman–Crippen MR) is 136 cm³/mol. The van der Waals surface area contributed by atoms with E-state index >= 15 is 0 Å². The number of H-pyrrole nitrogens is 1. The number of fused-ring (bicyclic) bond motifs is 1. The topological polar surface area (TPSA) is 100 Å². The molecule has 1 aliphatic heterocycles. The van der Waals surface area contributed by atoms with Crippen LogP contribution in [0.2, 0.25) is 0 Å². The van der Waals surface area contributed by atoms with Gasteiger partial charge < -0.3 is 19.8 Å². The SMILES string of the molecule is Cc1c[nH]c2ccc(CNC(=O)Cn3c(C)cnc(CC[C@@H]4C[C@H](C)CCN4C(=O)C(F)(F)F)c3=O)cc12. The third-order valence-electron chi connectivity index (χ3n) is 7.27. The van der Waals surface area contributed by atoms with Crippen molar-refractivity contribution < 1.29 is 22.8 Å². The lowest BCUT2D eigenvalue weighted by atomic mass is 9.89. The molecule has 1 aromatic carbocycles. The van der Waals surface area contributed by atoms with Gasteiger partial charge in [0.15, 0.2) is 0 Å². The van der Waals surface area contributed by atoms with E-state index in [1.807, 2.05) is 38.2 Å². The standard InChI is InChI=1S/C27H32F3N5O3/c1-16-8-9-34(26(38)27(28,29)30)20(10-16)5-7-23-25(37)35(18(3)13-32-23)15-24(36)33-14-19-4-6-22-21(11-19)17(2)12-31-22/h4,6,11-13,16,20,31H,5,7-10,14-15H2,1-3H3,(H,33,36)/t16-,20-/m1/s1. The fourth-order valence-electron chi connectivity index (χ4n) is 5.06. The monoisotopic (exact) mass is 531 g/mol. The molecule has 0 saturated carbocycles. The summed E-state index contributed by atoms with van der Waals surface area (Å²) >= 11 is 0. The second-order valence-corrected chi connectivity index (χ2v) is 10.2. The van der Waals surface area contributed by atoms with Crippen molar-refractivity contribution in [1.29, 1.82) is 0 Å². The molecule has 11 heteroatoms. The van der Waals surface area contributed by atoms with Gasteiger partial charge in [-0.15, -0.1) is 0 Å². The second-order valence-electron chi connectivity index (χ2n) is 10.2. The highest BCUT2D eigenvalue weighted by Gasteiger charge is 2.45. The number of alkyl halides is 3. The Labute approximate surface area is 218 Å².